The Morgan fingerprint density at radius 3 is 2.77 bits per heavy atom. The van der Waals surface area contributed by atoms with Gasteiger partial charge in [0.1, 0.15) is 0 Å². The summed E-state index contributed by atoms with van der Waals surface area (Å²) >= 11 is 0. The van der Waals surface area contributed by atoms with E-state index in [9.17, 15) is 14.9 Å². The van der Waals surface area contributed by atoms with Crippen molar-refractivity contribution in [3.8, 4) is 0 Å². The first-order valence-corrected chi connectivity index (χ1v) is 2.54. The predicted octanol–water partition coefficient (Wildman–Crippen LogP) is -1.04. The van der Waals surface area contributed by atoms with Crippen LogP contribution in [-0.4, -0.2) is 36.4 Å². The van der Waals surface area contributed by atoms with Gasteiger partial charge >= 0.3 is 12.0 Å². The SMILES string of the molecule is N.O=C(O)n1nnnc1N[N+](=O)[O-]. The molecule has 0 unspecified atom stereocenters. The van der Waals surface area contributed by atoms with Crippen LogP contribution >= 0.6 is 0 Å². The van der Waals surface area contributed by atoms with E-state index in [1.807, 2.05) is 0 Å². The second-order valence-electron chi connectivity index (χ2n) is 1.57. The molecule has 1 aromatic heterocycles. The van der Waals surface area contributed by atoms with Crippen molar-refractivity contribution in [2.75, 3.05) is 5.43 Å². The van der Waals surface area contributed by atoms with Crippen LogP contribution in [0.25, 0.3) is 0 Å². The third kappa shape index (κ3) is 2.33. The van der Waals surface area contributed by atoms with Gasteiger partial charge in [-0.2, -0.15) is 0 Å². The maximum atomic E-state index is 10.2. The molecule has 1 rings (SSSR count). The van der Waals surface area contributed by atoms with Gasteiger partial charge in [0.25, 0.3) is 0 Å². The van der Waals surface area contributed by atoms with E-state index < -0.39 is 17.1 Å². The molecule has 0 spiro atoms. The number of hydrazine groups is 1. The van der Waals surface area contributed by atoms with Gasteiger partial charge in [0.05, 0.1) is 0 Å². The van der Waals surface area contributed by atoms with Gasteiger partial charge in [0, 0.05) is 0 Å². The molecule has 0 aromatic carbocycles. The topological polar surface area (TPSA) is 171 Å². The van der Waals surface area contributed by atoms with E-state index in [1.54, 1.807) is 0 Å². The second kappa shape index (κ2) is 3.91. The van der Waals surface area contributed by atoms with Crippen LogP contribution < -0.4 is 11.6 Å². The van der Waals surface area contributed by atoms with Crippen LogP contribution in [0.4, 0.5) is 10.7 Å². The van der Waals surface area contributed by atoms with Crippen molar-refractivity contribution >= 4 is 12.0 Å². The fourth-order valence-electron chi connectivity index (χ4n) is 0.467. The highest BCUT2D eigenvalue weighted by molar-refractivity contribution is 5.69. The molecule has 0 saturated heterocycles. The van der Waals surface area contributed by atoms with Crippen LogP contribution in [-0.2, 0) is 0 Å². The fraction of sp³-hybridized carbons (Fsp3) is 0. The summed E-state index contributed by atoms with van der Waals surface area (Å²) in [6, 6.07) is 0. The number of nitro groups is 1. The molecule has 0 saturated carbocycles. The van der Waals surface area contributed by atoms with Gasteiger partial charge < -0.3 is 11.3 Å². The summed E-state index contributed by atoms with van der Waals surface area (Å²) in [7, 11) is 0. The molecule has 11 heteroatoms. The molecule has 0 atom stereocenters. The Hall–Kier alpha value is -2.30. The average molecular weight is 191 g/mol. The lowest BCUT2D eigenvalue weighted by atomic mass is 11.0. The zero-order valence-corrected chi connectivity index (χ0v) is 6.12. The molecular formula is C2H5N7O4. The molecule has 0 aliphatic heterocycles. The summed E-state index contributed by atoms with van der Waals surface area (Å²) in [5, 5.41) is 26.1. The maximum absolute atomic E-state index is 10.2. The molecule has 0 bridgehead atoms. The second-order valence-corrected chi connectivity index (χ2v) is 1.57. The van der Waals surface area contributed by atoms with E-state index in [4.69, 9.17) is 5.11 Å². The third-order valence-electron chi connectivity index (χ3n) is 0.842. The van der Waals surface area contributed by atoms with Gasteiger partial charge in [-0.3, -0.25) is 0 Å². The number of nitrogens with one attached hydrogen (secondary N) is 1. The minimum absolute atomic E-state index is 0. The first-order chi connectivity index (χ1) is 5.61. The Kier molecular flexibility index (Phi) is 3.22. The predicted molar refractivity (Wildman–Crippen MR) is 36.9 cm³/mol. The maximum Gasteiger partial charge on any atom is 0.437 e. The lowest BCUT2D eigenvalue weighted by molar-refractivity contribution is -0.446. The average Bonchev–Trinajstić information content (AvgIpc) is 2.33. The van der Waals surface area contributed by atoms with Crippen molar-refractivity contribution in [3.05, 3.63) is 10.1 Å². The van der Waals surface area contributed by atoms with Crippen molar-refractivity contribution in [1.82, 2.24) is 26.4 Å². The Bertz CT molecular complexity index is 318. The Balaban J connectivity index is 0.00000144. The summed E-state index contributed by atoms with van der Waals surface area (Å²) in [6.07, 6.45) is -1.51. The molecular weight excluding hydrogens is 186 g/mol. The van der Waals surface area contributed by atoms with Gasteiger partial charge in [-0.1, -0.05) is 10.5 Å². The van der Waals surface area contributed by atoms with Crippen LogP contribution in [0.1, 0.15) is 0 Å². The highest BCUT2D eigenvalue weighted by atomic mass is 16.7. The molecule has 0 aliphatic rings. The first-order valence-electron chi connectivity index (χ1n) is 2.54. The Morgan fingerprint density at radius 2 is 2.31 bits per heavy atom. The van der Waals surface area contributed by atoms with Gasteiger partial charge in [-0.05, 0) is 10.4 Å². The number of carbonyl (C=O) groups is 1. The largest absolute Gasteiger partial charge is 0.463 e. The molecule has 0 fully saturated rings. The number of hydrogen-bond acceptors (Lipinski definition) is 7. The number of tetrazole rings is 1. The van der Waals surface area contributed by atoms with E-state index in [1.165, 1.54) is 5.43 Å². The molecule has 0 aliphatic carbocycles. The molecule has 0 radical (unpaired) electrons. The third-order valence-corrected chi connectivity index (χ3v) is 0.842. The first kappa shape index (κ1) is 10.7. The quantitative estimate of drug-likeness (QED) is 0.300. The number of hydrogen-bond donors (Lipinski definition) is 3. The van der Waals surface area contributed by atoms with E-state index in [0.29, 0.717) is 0 Å². The smallest absolute Gasteiger partial charge is 0.437 e. The molecule has 11 nitrogen and oxygen atoms in total. The minimum atomic E-state index is -1.51. The Morgan fingerprint density at radius 1 is 1.69 bits per heavy atom. The molecule has 5 N–H and O–H groups in total. The normalized spacial score (nSPS) is 8.62. The molecule has 72 valence electrons. The van der Waals surface area contributed by atoms with Crippen LogP contribution in [0.2, 0.25) is 0 Å². The van der Waals surface area contributed by atoms with E-state index in [2.05, 4.69) is 15.5 Å². The van der Waals surface area contributed by atoms with Crippen molar-refractivity contribution in [2.45, 2.75) is 0 Å². The summed E-state index contributed by atoms with van der Waals surface area (Å²) in [4.78, 5) is 20.1. The molecule has 1 aromatic rings. The van der Waals surface area contributed by atoms with Gasteiger partial charge in [0.2, 0.25) is 0 Å². The Labute approximate surface area is 70.0 Å². The van der Waals surface area contributed by atoms with Gasteiger partial charge in [0.15, 0.2) is 5.03 Å². The van der Waals surface area contributed by atoms with Crippen LogP contribution in [0.15, 0.2) is 0 Å². The number of aromatic nitrogens is 4. The number of nitrogens with zero attached hydrogens (tertiary/aromatic N) is 5. The highest BCUT2D eigenvalue weighted by Gasteiger charge is 2.15. The van der Waals surface area contributed by atoms with Crippen LogP contribution in [0.5, 0.6) is 0 Å². The standard InChI is InChI=1S/C2H2N6O4.H3N/c9-2(10)7-1(3-5-6-7)4-8(11)12;/h(H,9,10)(H,3,4,6);1H3. The fourth-order valence-corrected chi connectivity index (χ4v) is 0.467. The highest BCUT2D eigenvalue weighted by Crippen LogP contribution is 1.96. The summed E-state index contributed by atoms with van der Waals surface area (Å²) < 4.78 is 0.239. The molecule has 1 heterocycles. The lowest BCUT2D eigenvalue weighted by Crippen LogP contribution is -2.18. The number of rotatable bonds is 2. The molecule has 13 heavy (non-hydrogen) atoms. The van der Waals surface area contributed by atoms with E-state index >= 15 is 0 Å². The summed E-state index contributed by atoms with van der Waals surface area (Å²) in [5.74, 6) is -0.562. The van der Waals surface area contributed by atoms with E-state index in [0.717, 1.165) is 0 Å². The summed E-state index contributed by atoms with van der Waals surface area (Å²) in [5.41, 5.74) is 1.50. The van der Waals surface area contributed by atoms with Crippen molar-refractivity contribution in [2.24, 2.45) is 0 Å². The van der Waals surface area contributed by atoms with Crippen LogP contribution in [0, 0.1) is 10.1 Å². The number of anilines is 1. The van der Waals surface area contributed by atoms with Gasteiger partial charge in [-0.25, -0.2) is 14.9 Å². The van der Waals surface area contributed by atoms with Crippen LogP contribution in [0.3, 0.4) is 0 Å². The zero-order chi connectivity index (χ0) is 9.14. The van der Waals surface area contributed by atoms with Crippen molar-refractivity contribution in [1.29, 1.82) is 0 Å². The van der Waals surface area contributed by atoms with Crippen molar-refractivity contribution in [3.63, 3.8) is 0 Å². The van der Waals surface area contributed by atoms with Gasteiger partial charge in [-0.15, -0.1) is 4.68 Å². The zero-order valence-electron chi connectivity index (χ0n) is 6.12. The number of carboxylic acid groups (broad SMARTS) is 1. The molecule has 0 amide bonds. The van der Waals surface area contributed by atoms with Crippen molar-refractivity contribution < 1.29 is 14.9 Å². The monoisotopic (exact) mass is 191 g/mol. The van der Waals surface area contributed by atoms with E-state index in [-0.39, 0.29) is 10.8 Å². The lowest BCUT2D eigenvalue weighted by Gasteiger charge is -1.92. The summed E-state index contributed by atoms with van der Waals surface area (Å²) in [6.45, 7) is 0. The minimum Gasteiger partial charge on any atom is -0.463 e.